The van der Waals surface area contributed by atoms with E-state index in [1.54, 1.807) is 0 Å². The molecule has 1 fully saturated rings. The lowest BCUT2D eigenvalue weighted by Gasteiger charge is -2.27. The van der Waals surface area contributed by atoms with Crippen LogP contribution in [0.2, 0.25) is 0 Å². The van der Waals surface area contributed by atoms with Crippen LogP contribution in [0.1, 0.15) is 44.3 Å². The molecule has 1 aromatic rings. The Labute approximate surface area is 95.4 Å². The van der Waals surface area contributed by atoms with Crippen molar-refractivity contribution in [3.8, 4) is 0 Å². The molecule has 2 heterocycles. The van der Waals surface area contributed by atoms with E-state index in [2.05, 4.69) is 15.0 Å². The molecular weight excluding hydrogens is 206 g/mol. The third kappa shape index (κ3) is 2.80. The summed E-state index contributed by atoms with van der Waals surface area (Å²) in [6.45, 7) is 6.60. The van der Waals surface area contributed by atoms with Crippen LogP contribution in [0.5, 0.6) is 0 Å². The Morgan fingerprint density at radius 2 is 2.12 bits per heavy atom. The number of piperidine rings is 1. The number of aliphatic hydroxyl groups excluding tert-OH is 1. The molecule has 0 unspecified atom stereocenters. The van der Waals surface area contributed by atoms with Crippen LogP contribution in [-0.4, -0.2) is 39.3 Å². The lowest BCUT2D eigenvalue weighted by molar-refractivity contribution is 0.0740. The molecule has 90 valence electrons. The van der Waals surface area contributed by atoms with Crippen LogP contribution in [0, 0.1) is 0 Å². The zero-order valence-corrected chi connectivity index (χ0v) is 9.89. The molecule has 2 rings (SSSR count). The summed E-state index contributed by atoms with van der Waals surface area (Å²) in [5.74, 6) is 1.76. The average Bonchev–Trinajstić information content (AvgIpc) is 2.70. The second kappa shape index (κ2) is 4.93. The third-order valence-corrected chi connectivity index (χ3v) is 2.92. The van der Waals surface area contributed by atoms with Crippen molar-refractivity contribution in [2.75, 3.05) is 13.1 Å². The number of nitrogens with zero attached hydrogens (tertiary/aromatic N) is 3. The quantitative estimate of drug-likeness (QED) is 0.836. The van der Waals surface area contributed by atoms with Gasteiger partial charge in [-0.2, -0.15) is 4.98 Å². The molecule has 0 aliphatic carbocycles. The minimum atomic E-state index is -0.134. The summed E-state index contributed by atoms with van der Waals surface area (Å²) in [6.07, 6.45) is 1.54. The zero-order valence-electron chi connectivity index (χ0n) is 9.89. The fourth-order valence-corrected chi connectivity index (χ4v) is 1.84. The molecule has 1 aliphatic rings. The van der Waals surface area contributed by atoms with Crippen LogP contribution in [0.25, 0.3) is 0 Å². The van der Waals surface area contributed by atoms with Crippen molar-refractivity contribution >= 4 is 0 Å². The number of rotatable bonds is 3. The van der Waals surface area contributed by atoms with Crippen LogP contribution >= 0.6 is 0 Å². The highest BCUT2D eigenvalue weighted by Crippen LogP contribution is 2.14. The van der Waals surface area contributed by atoms with Crippen LogP contribution in [0.15, 0.2) is 4.52 Å². The SMILES string of the molecule is CC(C)c1noc(CN2CCC(O)CC2)n1. The third-order valence-electron chi connectivity index (χ3n) is 2.92. The number of likely N-dealkylation sites (tertiary alicyclic amines) is 1. The predicted octanol–water partition coefficient (Wildman–Crippen LogP) is 1.15. The van der Waals surface area contributed by atoms with Crippen molar-refractivity contribution in [1.82, 2.24) is 15.0 Å². The lowest BCUT2D eigenvalue weighted by atomic mass is 10.1. The number of aromatic nitrogens is 2. The highest BCUT2D eigenvalue weighted by molar-refractivity contribution is 4.92. The molecule has 1 N–H and O–H groups in total. The van der Waals surface area contributed by atoms with Crippen LogP contribution in [0.4, 0.5) is 0 Å². The highest BCUT2D eigenvalue weighted by atomic mass is 16.5. The van der Waals surface area contributed by atoms with Gasteiger partial charge in [0.1, 0.15) is 0 Å². The number of hydrogen-bond acceptors (Lipinski definition) is 5. The lowest BCUT2D eigenvalue weighted by Crippen LogP contribution is -2.35. The monoisotopic (exact) mass is 225 g/mol. The Hall–Kier alpha value is -0.940. The molecule has 0 amide bonds. The first-order valence-corrected chi connectivity index (χ1v) is 5.88. The second-order valence-electron chi connectivity index (χ2n) is 4.71. The van der Waals surface area contributed by atoms with Crippen molar-refractivity contribution in [1.29, 1.82) is 0 Å². The highest BCUT2D eigenvalue weighted by Gasteiger charge is 2.19. The van der Waals surface area contributed by atoms with E-state index in [9.17, 15) is 5.11 Å². The maximum atomic E-state index is 9.39. The molecule has 1 aliphatic heterocycles. The van der Waals surface area contributed by atoms with Crippen LogP contribution < -0.4 is 0 Å². The summed E-state index contributed by atoms with van der Waals surface area (Å²) in [4.78, 5) is 6.58. The fourth-order valence-electron chi connectivity index (χ4n) is 1.84. The van der Waals surface area contributed by atoms with Gasteiger partial charge in [0, 0.05) is 19.0 Å². The first-order valence-electron chi connectivity index (χ1n) is 5.88. The van der Waals surface area contributed by atoms with Gasteiger partial charge < -0.3 is 9.63 Å². The number of hydrogen-bond donors (Lipinski definition) is 1. The molecule has 0 atom stereocenters. The Bertz CT molecular complexity index is 330. The summed E-state index contributed by atoms with van der Waals surface area (Å²) in [7, 11) is 0. The summed E-state index contributed by atoms with van der Waals surface area (Å²) in [6, 6.07) is 0. The van der Waals surface area contributed by atoms with Crippen molar-refractivity contribution in [2.24, 2.45) is 0 Å². The molecular formula is C11H19N3O2. The Balaban J connectivity index is 1.88. The molecule has 1 saturated heterocycles. The first-order chi connectivity index (χ1) is 7.65. The summed E-state index contributed by atoms with van der Waals surface area (Å²) < 4.78 is 5.19. The topological polar surface area (TPSA) is 62.4 Å². The molecule has 0 bridgehead atoms. The fraction of sp³-hybridized carbons (Fsp3) is 0.818. The average molecular weight is 225 g/mol. The number of aliphatic hydroxyl groups is 1. The van der Waals surface area contributed by atoms with Crippen molar-refractivity contribution < 1.29 is 9.63 Å². The molecule has 0 spiro atoms. The molecule has 5 heteroatoms. The molecule has 1 aromatic heterocycles. The second-order valence-corrected chi connectivity index (χ2v) is 4.71. The van der Waals surface area contributed by atoms with Crippen LogP contribution in [0.3, 0.4) is 0 Å². The van der Waals surface area contributed by atoms with E-state index in [0.717, 1.165) is 31.8 Å². The van der Waals surface area contributed by atoms with Gasteiger partial charge >= 0.3 is 0 Å². The maximum absolute atomic E-state index is 9.39. The van der Waals surface area contributed by atoms with Gasteiger partial charge in [0.2, 0.25) is 5.89 Å². The molecule has 16 heavy (non-hydrogen) atoms. The van der Waals surface area contributed by atoms with Gasteiger partial charge in [-0.15, -0.1) is 0 Å². The predicted molar refractivity (Wildman–Crippen MR) is 58.9 cm³/mol. The summed E-state index contributed by atoms with van der Waals surface area (Å²) >= 11 is 0. The smallest absolute Gasteiger partial charge is 0.240 e. The normalized spacial score (nSPS) is 19.5. The Morgan fingerprint density at radius 1 is 1.44 bits per heavy atom. The Morgan fingerprint density at radius 3 is 2.69 bits per heavy atom. The first kappa shape index (κ1) is 11.5. The van der Waals surface area contributed by atoms with Gasteiger partial charge in [-0.3, -0.25) is 4.90 Å². The van der Waals surface area contributed by atoms with E-state index in [4.69, 9.17) is 4.52 Å². The molecule has 0 saturated carbocycles. The van der Waals surface area contributed by atoms with E-state index in [1.807, 2.05) is 13.8 Å². The van der Waals surface area contributed by atoms with E-state index in [1.165, 1.54) is 0 Å². The zero-order chi connectivity index (χ0) is 11.5. The van der Waals surface area contributed by atoms with Crippen molar-refractivity contribution in [2.45, 2.75) is 45.3 Å². The van der Waals surface area contributed by atoms with Gasteiger partial charge in [0.05, 0.1) is 12.6 Å². The van der Waals surface area contributed by atoms with Gasteiger partial charge in [-0.25, -0.2) is 0 Å². The van der Waals surface area contributed by atoms with E-state index < -0.39 is 0 Å². The van der Waals surface area contributed by atoms with E-state index in [0.29, 0.717) is 18.4 Å². The minimum Gasteiger partial charge on any atom is -0.393 e. The molecule has 0 aromatic carbocycles. The van der Waals surface area contributed by atoms with Crippen molar-refractivity contribution in [3.63, 3.8) is 0 Å². The van der Waals surface area contributed by atoms with Gasteiger partial charge in [0.15, 0.2) is 5.82 Å². The minimum absolute atomic E-state index is 0.134. The van der Waals surface area contributed by atoms with Gasteiger partial charge in [0.25, 0.3) is 0 Å². The molecule has 0 radical (unpaired) electrons. The summed E-state index contributed by atoms with van der Waals surface area (Å²) in [5, 5.41) is 13.3. The maximum Gasteiger partial charge on any atom is 0.240 e. The van der Waals surface area contributed by atoms with E-state index in [-0.39, 0.29) is 6.10 Å². The molecule has 5 nitrogen and oxygen atoms in total. The van der Waals surface area contributed by atoms with Gasteiger partial charge in [-0.1, -0.05) is 19.0 Å². The summed E-state index contributed by atoms with van der Waals surface area (Å²) in [5.41, 5.74) is 0. The van der Waals surface area contributed by atoms with E-state index >= 15 is 0 Å². The largest absolute Gasteiger partial charge is 0.393 e. The van der Waals surface area contributed by atoms with Crippen LogP contribution in [-0.2, 0) is 6.54 Å². The van der Waals surface area contributed by atoms with Crippen molar-refractivity contribution in [3.05, 3.63) is 11.7 Å². The van der Waals surface area contributed by atoms with Gasteiger partial charge in [-0.05, 0) is 12.8 Å². The Kier molecular flexibility index (Phi) is 3.56. The standard InChI is InChI=1S/C11H19N3O2/c1-8(2)11-12-10(16-13-11)7-14-5-3-9(15)4-6-14/h8-9,15H,3-7H2,1-2H3.